The summed E-state index contributed by atoms with van der Waals surface area (Å²) in [5.74, 6) is 0.440. The Balaban J connectivity index is 0.000000165. The van der Waals surface area contributed by atoms with E-state index in [0.29, 0.717) is 43.1 Å². The zero-order valence-electron chi connectivity index (χ0n) is 32.5. The summed E-state index contributed by atoms with van der Waals surface area (Å²) in [6.07, 6.45) is 0. The number of rotatable bonds is 8. The molecule has 0 fully saturated rings. The first-order valence-electron chi connectivity index (χ1n) is 18.3. The smallest absolute Gasteiger partial charge is 0.302 e. The molecule has 2 heterocycles. The lowest BCUT2D eigenvalue weighted by Gasteiger charge is -2.18. The minimum Gasteiger partial charge on any atom is -0.397 e. The topological polar surface area (TPSA) is 136 Å². The third-order valence-corrected chi connectivity index (χ3v) is 14.8. The molecule has 11 nitrogen and oxygen atoms in total. The van der Waals surface area contributed by atoms with Gasteiger partial charge in [-0.05, 0) is 55.5 Å². The van der Waals surface area contributed by atoms with Crippen LogP contribution in [0.3, 0.4) is 0 Å². The van der Waals surface area contributed by atoms with Crippen molar-refractivity contribution in [2.45, 2.75) is 16.7 Å². The van der Waals surface area contributed by atoms with Crippen molar-refractivity contribution < 1.29 is 21.0 Å². The van der Waals surface area contributed by atoms with Crippen molar-refractivity contribution >= 4 is 97.2 Å². The molecule has 0 saturated heterocycles. The van der Waals surface area contributed by atoms with Gasteiger partial charge in [0, 0.05) is 60.6 Å². The van der Waals surface area contributed by atoms with Gasteiger partial charge in [-0.25, -0.2) is 14.2 Å². The molecule has 5 aromatic rings. The highest BCUT2D eigenvalue weighted by Crippen LogP contribution is 2.41. The summed E-state index contributed by atoms with van der Waals surface area (Å²) in [4.78, 5) is 40.7. The van der Waals surface area contributed by atoms with Crippen molar-refractivity contribution in [3.63, 3.8) is 0 Å². The molecule has 1 unspecified atom stereocenters. The van der Waals surface area contributed by atoms with Crippen molar-refractivity contribution in [2.75, 3.05) is 44.6 Å². The number of fused-ring (bicyclic) bond motifs is 8. The summed E-state index contributed by atoms with van der Waals surface area (Å²) in [6.45, 7) is 2.88. The van der Waals surface area contributed by atoms with Gasteiger partial charge in [0.05, 0.1) is 48.7 Å². The number of aromatic nitrogens is 2. The van der Waals surface area contributed by atoms with Gasteiger partial charge in [-0.3, -0.25) is 13.8 Å². The largest absolute Gasteiger partial charge is 0.397 e. The molecule has 0 amide bonds. The fraction of sp³-hybridized carbons (Fsp3) is 0.136. The summed E-state index contributed by atoms with van der Waals surface area (Å²) in [7, 11) is 2.78. The number of hydrogen-bond acceptors (Lipinski definition) is 13. The average Bonchev–Trinajstić information content (AvgIpc) is 3.25. The van der Waals surface area contributed by atoms with Crippen molar-refractivity contribution in [1.29, 1.82) is 0 Å². The van der Waals surface area contributed by atoms with E-state index >= 15 is 0 Å². The number of anilines is 2. The summed E-state index contributed by atoms with van der Waals surface area (Å²) in [5.41, 5.74) is 3.87. The second-order valence-electron chi connectivity index (χ2n) is 13.7. The second kappa shape index (κ2) is 16.1. The van der Waals surface area contributed by atoms with E-state index in [1.807, 2.05) is 93.6 Å². The van der Waals surface area contributed by atoms with E-state index in [4.69, 9.17) is 18.3 Å². The van der Waals surface area contributed by atoms with Crippen LogP contribution < -0.4 is 24.8 Å². The third-order valence-electron chi connectivity index (χ3n) is 9.87. The van der Waals surface area contributed by atoms with Crippen molar-refractivity contribution in [1.82, 2.24) is 9.97 Å². The molecule has 4 aliphatic rings. The number of nitrogens with zero attached hydrogens (tertiary/aromatic N) is 4. The van der Waals surface area contributed by atoms with E-state index in [1.165, 1.54) is 22.7 Å². The van der Waals surface area contributed by atoms with Crippen LogP contribution in [0.1, 0.15) is 6.92 Å². The van der Waals surface area contributed by atoms with E-state index in [-0.39, 0.29) is 15.2 Å². The lowest BCUT2D eigenvalue weighted by atomic mass is 10.1. The van der Waals surface area contributed by atoms with E-state index in [0.717, 1.165) is 50.8 Å². The Morgan fingerprint density at radius 3 is 1.75 bits per heavy atom. The Morgan fingerprint density at radius 1 is 0.661 bits per heavy atom. The maximum Gasteiger partial charge on any atom is 0.302 e. The Morgan fingerprint density at radius 2 is 1.17 bits per heavy atom. The Bertz CT molecular complexity index is 3260. The van der Waals surface area contributed by atoms with Crippen LogP contribution in [0.2, 0.25) is 0 Å². The first kappa shape index (κ1) is 40.0. The Labute approximate surface area is 350 Å². The molecule has 9 rings (SSSR count). The highest BCUT2D eigenvalue weighted by molar-refractivity contribution is 7.87. The summed E-state index contributed by atoms with van der Waals surface area (Å²) < 4.78 is 50.5. The molecule has 298 valence electrons. The SMILES string of the molecule is CCN(C)c1ccc2nc3c4ccccc4c(=O)c(S(=O)(=O)OC)c-3sc2c1.CN(C)c1ccc2nc3c4ccccc4c(=O)c(S(=O)Oc4ccccc4)c-3sc2c1. The predicted octanol–water partition coefficient (Wildman–Crippen LogP) is 8.79. The second-order valence-corrected chi connectivity index (χ2v) is 18.5. The summed E-state index contributed by atoms with van der Waals surface area (Å²) >= 11 is 0.672. The molecule has 0 aromatic heterocycles. The molecule has 2 aliphatic carbocycles. The highest BCUT2D eigenvalue weighted by atomic mass is 32.2. The van der Waals surface area contributed by atoms with Gasteiger partial charge >= 0.3 is 10.1 Å². The number of para-hydroxylation sites is 1. The first-order valence-corrected chi connectivity index (χ1v) is 22.4. The van der Waals surface area contributed by atoms with Gasteiger partial charge in [-0.1, -0.05) is 66.7 Å². The van der Waals surface area contributed by atoms with Crippen LogP contribution in [0, 0.1) is 0 Å². The zero-order chi connectivity index (χ0) is 41.6. The standard InChI is InChI=1S/C24H18N2O3S2.C20H18N2O4S2/c1-26(2)15-12-13-19-20(14-15)30-23-21(25-19)17-10-6-7-11-18(17)22(27)24(23)31(28)29-16-8-4-3-5-9-16;1-4-22(2)12-9-10-15-16(11-12)27-19-17(21-15)13-7-5-6-8-14(13)18(23)20(19)28(24,25)26-3/h3-14H,1-2H3;5-11H,4H2,1-3H3. The van der Waals surface area contributed by atoms with Gasteiger partial charge in [0.25, 0.3) is 0 Å². The molecule has 2 aliphatic heterocycles. The molecule has 1 atom stereocenters. The van der Waals surface area contributed by atoms with Gasteiger partial charge in [0.15, 0.2) is 4.90 Å². The number of benzene rings is 7. The molecule has 0 spiro atoms. The normalized spacial score (nSPS) is 12.2. The minimum atomic E-state index is -4.20. The van der Waals surface area contributed by atoms with Crippen LogP contribution in [0.15, 0.2) is 135 Å². The van der Waals surface area contributed by atoms with Crippen molar-refractivity contribution in [2.24, 2.45) is 0 Å². The van der Waals surface area contributed by atoms with Gasteiger partial charge in [-0.2, -0.15) is 8.42 Å². The van der Waals surface area contributed by atoms with E-state index < -0.39 is 26.6 Å². The zero-order valence-corrected chi connectivity index (χ0v) is 35.7. The fourth-order valence-electron chi connectivity index (χ4n) is 6.68. The van der Waals surface area contributed by atoms with Crippen molar-refractivity contribution in [3.05, 3.63) is 136 Å². The van der Waals surface area contributed by atoms with Crippen LogP contribution in [0.25, 0.3) is 63.1 Å². The van der Waals surface area contributed by atoms with Crippen LogP contribution in [-0.2, 0) is 25.4 Å². The Kier molecular flexibility index (Phi) is 10.9. The first-order chi connectivity index (χ1) is 28.4. The molecule has 0 radical (unpaired) electrons. The monoisotopic (exact) mass is 860 g/mol. The minimum absolute atomic E-state index is 0.132. The molecule has 59 heavy (non-hydrogen) atoms. The lowest BCUT2D eigenvalue weighted by molar-refractivity contribution is 0.397. The maximum absolute atomic E-state index is 13.4. The number of hydrogen-bond donors (Lipinski definition) is 0. The predicted molar refractivity (Wildman–Crippen MR) is 241 cm³/mol. The van der Waals surface area contributed by atoms with Crippen LogP contribution in [0.4, 0.5) is 11.4 Å². The maximum atomic E-state index is 13.4. The van der Waals surface area contributed by atoms with Crippen LogP contribution in [0.5, 0.6) is 5.75 Å². The molecule has 0 N–H and O–H groups in total. The molecule has 15 heteroatoms. The van der Waals surface area contributed by atoms with E-state index in [9.17, 15) is 22.2 Å². The van der Waals surface area contributed by atoms with Gasteiger partial charge < -0.3 is 14.0 Å². The van der Waals surface area contributed by atoms with Crippen LogP contribution in [-0.4, -0.2) is 57.4 Å². The fourth-order valence-corrected chi connectivity index (χ4v) is 11.3. The van der Waals surface area contributed by atoms with E-state index in [1.54, 1.807) is 54.6 Å². The van der Waals surface area contributed by atoms with E-state index in [2.05, 4.69) is 4.90 Å². The summed E-state index contributed by atoms with van der Waals surface area (Å²) in [6, 6.07) is 34.9. The average molecular weight is 861 g/mol. The lowest BCUT2D eigenvalue weighted by Crippen LogP contribution is -2.19. The summed E-state index contributed by atoms with van der Waals surface area (Å²) in [5, 5.41) is 2.18. The Hall–Kier alpha value is -5.84. The van der Waals surface area contributed by atoms with Crippen LogP contribution >= 0.6 is 22.7 Å². The quantitative estimate of drug-likeness (QED) is 0.0824. The highest BCUT2D eigenvalue weighted by Gasteiger charge is 2.30. The molecular formula is C44H36N4O7S4. The van der Waals surface area contributed by atoms with Gasteiger partial charge in [0.2, 0.25) is 21.9 Å². The molecule has 0 bridgehead atoms. The van der Waals surface area contributed by atoms with Gasteiger partial charge in [0.1, 0.15) is 10.6 Å². The molecular weight excluding hydrogens is 825 g/mol. The van der Waals surface area contributed by atoms with Gasteiger partial charge in [-0.15, -0.1) is 22.7 Å². The third kappa shape index (κ3) is 7.40. The molecule has 0 saturated carbocycles. The van der Waals surface area contributed by atoms with Crippen molar-refractivity contribution in [3.8, 4) is 26.9 Å². The molecule has 5 aromatic carbocycles.